The molecule has 0 radical (unpaired) electrons. The van der Waals surface area contributed by atoms with E-state index in [1.807, 2.05) is 31.2 Å². The number of anilines is 2. The Kier molecular flexibility index (Phi) is 8.29. The first-order valence-electron chi connectivity index (χ1n) is 14.3. The van der Waals surface area contributed by atoms with Gasteiger partial charge >= 0.3 is 0 Å². The van der Waals surface area contributed by atoms with Crippen molar-refractivity contribution in [2.45, 2.75) is 43.9 Å². The van der Waals surface area contributed by atoms with Gasteiger partial charge in [0.05, 0.1) is 48.2 Å². The molecule has 0 saturated heterocycles. The molecular weight excluding hydrogens is 568 g/mol. The van der Waals surface area contributed by atoms with Gasteiger partial charge in [-0.2, -0.15) is 0 Å². The summed E-state index contributed by atoms with van der Waals surface area (Å²) in [5.74, 6) is 1.13. The average Bonchev–Trinajstić information content (AvgIpc) is 3.16. The second kappa shape index (κ2) is 12.3. The number of aryl methyl sites for hydroxylation is 1. The van der Waals surface area contributed by atoms with Crippen molar-refractivity contribution in [3.63, 3.8) is 0 Å². The molecule has 10 nitrogen and oxygen atoms in total. The van der Waals surface area contributed by atoms with E-state index in [0.717, 1.165) is 47.5 Å². The van der Waals surface area contributed by atoms with Gasteiger partial charge in [-0.15, -0.1) is 0 Å². The number of pyridine rings is 2. The van der Waals surface area contributed by atoms with Gasteiger partial charge in [0.1, 0.15) is 17.7 Å². The minimum absolute atomic E-state index is 0.0651. The minimum Gasteiger partial charge on any atom is -0.488 e. The summed E-state index contributed by atoms with van der Waals surface area (Å²) in [7, 11) is -1.85. The standard InChI is InChI=1S/C32H34N4O6S/c1-21(19-40-2)42-27-9-7-22-4-3-11-36(29(22)16-27)31-10-8-24-17-33-26(15-28(24)35-31)18-34-32(37)23-5-6-25-20-41-12-13-43(38,39)30(25)14-23/h5-10,14-17,21H,3-4,11-13,18-20H2,1-2H3,(H,34,37)/t21-/m1/s1. The van der Waals surface area contributed by atoms with Crippen LogP contribution in [0.3, 0.4) is 0 Å². The number of sulfone groups is 1. The molecule has 0 unspecified atom stereocenters. The summed E-state index contributed by atoms with van der Waals surface area (Å²) < 4.78 is 41.9. The number of amides is 1. The SMILES string of the molecule is COC[C@@H](C)Oc1ccc2c(c1)N(c1ccc3cnc(CNC(=O)c4ccc5c(c4)S(=O)(=O)CCOC5)cc3n1)CCC2. The molecule has 1 amide bonds. The third-order valence-corrected chi connectivity index (χ3v) is 9.41. The molecule has 224 valence electrons. The van der Waals surface area contributed by atoms with Crippen molar-refractivity contribution >= 4 is 38.2 Å². The first-order chi connectivity index (χ1) is 20.8. The van der Waals surface area contributed by atoms with Crippen molar-refractivity contribution in [2.75, 3.05) is 37.5 Å². The maximum atomic E-state index is 13.0. The van der Waals surface area contributed by atoms with E-state index in [1.54, 1.807) is 25.4 Å². The number of nitrogens with one attached hydrogen (secondary N) is 1. The lowest BCUT2D eigenvalue weighted by Gasteiger charge is -2.31. The van der Waals surface area contributed by atoms with Crippen LogP contribution in [-0.4, -0.2) is 63.0 Å². The highest BCUT2D eigenvalue weighted by molar-refractivity contribution is 7.91. The molecule has 0 saturated carbocycles. The van der Waals surface area contributed by atoms with E-state index in [1.165, 1.54) is 11.6 Å². The first kappa shape index (κ1) is 29.0. The van der Waals surface area contributed by atoms with Gasteiger partial charge in [-0.05, 0) is 67.3 Å². The molecule has 0 bridgehead atoms. The number of rotatable bonds is 8. The predicted octanol–water partition coefficient (Wildman–Crippen LogP) is 4.36. The lowest BCUT2D eigenvalue weighted by atomic mass is 10.0. The normalized spacial score (nSPS) is 16.6. The summed E-state index contributed by atoms with van der Waals surface area (Å²) in [6.07, 6.45) is 3.68. The summed E-state index contributed by atoms with van der Waals surface area (Å²) in [5, 5.41) is 3.75. The molecule has 11 heteroatoms. The molecule has 0 aliphatic carbocycles. The fourth-order valence-corrected chi connectivity index (χ4v) is 6.89. The largest absolute Gasteiger partial charge is 0.488 e. The van der Waals surface area contributed by atoms with E-state index in [0.29, 0.717) is 17.9 Å². The monoisotopic (exact) mass is 602 g/mol. The van der Waals surface area contributed by atoms with Crippen LogP contribution in [-0.2, 0) is 38.9 Å². The van der Waals surface area contributed by atoms with Crippen LogP contribution in [0.2, 0.25) is 0 Å². The van der Waals surface area contributed by atoms with Gasteiger partial charge in [0.25, 0.3) is 5.91 Å². The number of hydrogen-bond donors (Lipinski definition) is 1. The third kappa shape index (κ3) is 6.34. The Morgan fingerprint density at radius 3 is 2.84 bits per heavy atom. The van der Waals surface area contributed by atoms with E-state index < -0.39 is 9.84 Å². The molecular formula is C32H34N4O6S. The molecule has 2 aromatic heterocycles. The van der Waals surface area contributed by atoms with Crippen LogP contribution in [0, 0.1) is 0 Å². The minimum atomic E-state index is -3.51. The number of methoxy groups -OCH3 is 1. The van der Waals surface area contributed by atoms with Crippen LogP contribution in [0.25, 0.3) is 10.9 Å². The molecule has 1 N–H and O–H groups in total. The molecule has 0 spiro atoms. The zero-order chi connectivity index (χ0) is 30.0. The summed E-state index contributed by atoms with van der Waals surface area (Å²) in [6.45, 7) is 3.83. The van der Waals surface area contributed by atoms with E-state index >= 15 is 0 Å². The molecule has 4 aromatic rings. The molecule has 0 fully saturated rings. The zero-order valence-electron chi connectivity index (χ0n) is 24.2. The van der Waals surface area contributed by atoms with E-state index in [4.69, 9.17) is 19.2 Å². The Morgan fingerprint density at radius 1 is 1.12 bits per heavy atom. The summed E-state index contributed by atoms with van der Waals surface area (Å²) in [4.78, 5) is 24.8. The zero-order valence-corrected chi connectivity index (χ0v) is 25.0. The van der Waals surface area contributed by atoms with E-state index in [2.05, 4.69) is 27.3 Å². The smallest absolute Gasteiger partial charge is 0.251 e. The molecule has 2 aromatic carbocycles. The van der Waals surface area contributed by atoms with E-state index in [-0.39, 0.29) is 48.0 Å². The number of benzene rings is 2. The third-order valence-electron chi connectivity index (χ3n) is 7.65. The number of hydrogen-bond acceptors (Lipinski definition) is 9. The second-order valence-corrected chi connectivity index (χ2v) is 12.9. The second-order valence-electron chi connectivity index (χ2n) is 10.8. The molecule has 2 aliphatic rings. The highest BCUT2D eigenvalue weighted by Gasteiger charge is 2.24. The summed E-state index contributed by atoms with van der Waals surface area (Å²) in [5.41, 5.74) is 4.57. The Labute approximate surface area is 250 Å². The average molecular weight is 603 g/mol. The topological polar surface area (TPSA) is 120 Å². The van der Waals surface area contributed by atoms with Crippen LogP contribution in [0.15, 0.2) is 65.7 Å². The van der Waals surface area contributed by atoms with Gasteiger partial charge in [-0.1, -0.05) is 12.1 Å². The Bertz CT molecular complexity index is 1780. The van der Waals surface area contributed by atoms with Crippen molar-refractivity contribution in [2.24, 2.45) is 0 Å². The lowest BCUT2D eigenvalue weighted by Crippen LogP contribution is -2.26. The van der Waals surface area contributed by atoms with Crippen LogP contribution >= 0.6 is 0 Å². The fraction of sp³-hybridized carbons (Fsp3) is 0.344. The first-order valence-corrected chi connectivity index (χ1v) is 16.0. The maximum Gasteiger partial charge on any atom is 0.251 e. The van der Waals surface area contributed by atoms with Crippen molar-refractivity contribution in [1.82, 2.24) is 15.3 Å². The van der Waals surface area contributed by atoms with Crippen molar-refractivity contribution < 1.29 is 27.4 Å². The lowest BCUT2D eigenvalue weighted by molar-refractivity contribution is 0.0921. The Hall–Kier alpha value is -4.06. The van der Waals surface area contributed by atoms with Crippen molar-refractivity contribution in [1.29, 1.82) is 0 Å². The van der Waals surface area contributed by atoms with Gasteiger partial charge in [0, 0.05) is 42.6 Å². The number of ether oxygens (including phenoxy) is 3. The Balaban J connectivity index is 1.20. The molecule has 4 heterocycles. The highest BCUT2D eigenvalue weighted by atomic mass is 32.2. The van der Waals surface area contributed by atoms with Crippen molar-refractivity contribution in [3.05, 3.63) is 83.2 Å². The van der Waals surface area contributed by atoms with Gasteiger partial charge in [0.15, 0.2) is 9.84 Å². The highest BCUT2D eigenvalue weighted by Crippen LogP contribution is 2.36. The van der Waals surface area contributed by atoms with Crippen LogP contribution < -0.4 is 15.0 Å². The van der Waals surface area contributed by atoms with Crippen LogP contribution in [0.5, 0.6) is 5.75 Å². The molecule has 1 atom stereocenters. The number of nitrogens with zero attached hydrogens (tertiary/aromatic N) is 3. The number of fused-ring (bicyclic) bond motifs is 3. The van der Waals surface area contributed by atoms with Crippen LogP contribution in [0.1, 0.15) is 40.5 Å². The quantitative estimate of drug-likeness (QED) is 0.314. The van der Waals surface area contributed by atoms with Gasteiger partial charge in [0.2, 0.25) is 0 Å². The summed E-state index contributed by atoms with van der Waals surface area (Å²) in [6, 6.07) is 16.8. The van der Waals surface area contributed by atoms with Gasteiger partial charge in [-0.3, -0.25) is 9.78 Å². The van der Waals surface area contributed by atoms with Gasteiger partial charge in [-0.25, -0.2) is 13.4 Å². The molecule has 43 heavy (non-hydrogen) atoms. The predicted molar refractivity (Wildman–Crippen MR) is 163 cm³/mol. The van der Waals surface area contributed by atoms with Crippen molar-refractivity contribution in [3.8, 4) is 5.75 Å². The number of aromatic nitrogens is 2. The molecule has 2 aliphatic heterocycles. The number of carbonyl (C=O) groups excluding carboxylic acids is 1. The van der Waals surface area contributed by atoms with Crippen LogP contribution in [0.4, 0.5) is 11.5 Å². The van der Waals surface area contributed by atoms with Gasteiger partial charge < -0.3 is 24.4 Å². The fourth-order valence-electron chi connectivity index (χ4n) is 5.50. The number of carbonyl (C=O) groups is 1. The van der Waals surface area contributed by atoms with E-state index in [9.17, 15) is 13.2 Å². The molecule has 6 rings (SSSR count). The maximum absolute atomic E-state index is 13.0. The summed E-state index contributed by atoms with van der Waals surface area (Å²) >= 11 is 0. The Morgan fingerprint density at radius 2 is 1.98 bits per heavy atom.